The summed E-state index contributed by atoms with van der Waals surface area (Å²) in [7, 11) is 0. The second-order valence-electron chi connectivity index (χ2n) is 4.60. The van der Waals surface area contributed by atoms with Gasteiger partial charge in [-0.3, -0.25) is 9.59 Å². The van der Waals surface area contributed by atoms with Gasteiger partial charge in [-0.15, -0.1) is 0 Å². The van der Waals surface area contributed by atoms with Crippen LogP contribution >= 0.6 is 0 Å². The smallest absolute Gasteiger partial charge is 0.312 e. The highest BCUT2D eigenvalue weighted by Crippen LogP contribution is 2.38. The van der Waals surface area contributed by atoms with Crippen LogP contribution in [-0.4, -0.2) is 30.3 Å². The Morgan fingerprint density at radius 3 is 2.05 bits per heavy atom. The quantitative estimate of drug-likeness (QED) is 0.635. The molecule has 1 saturated heterocycles. The average molecular weight is 307 g/mol. The number of nitrogens with zero attached hydrogens (tertiary/aromatic N) is 1. The fourth-order valence-corrected chi connectivity index (χ4v) is 2.02. The van der Waals surface area contributed by atoms with Gasteiger partial charge in [-0.2, -0.15) is 22.0 Å². The third-order valence-electron chi connectivity index (χ3n) is 3.16. The fourth-order valence-electron chi connectivity index (χ4n) is 2.02. The first-order valence-electron chi connectivity index (χ1n) is 6.04. The van der Waals surface area contributed by atoms with E-state index < -0.39 is 23.4 Å². The highest BCUT2D eigenvalue weighted by molar-refractivity contribution is 6.02. The van der Waals surface area contributed by atoms with Crippen LogP contribution in [0.4, 0.5) is 27.6 Å². The molecule has 21 heavy (non-hydrogen) atoms. The molecule has 0 unspecified atom stereocenters. The first-order chi connectivity index (χ1) is 9.64. The highest BCUT2D eigenvalue weighted by Gasteiger charge is 2.63. The van der Waals surface area contributed by atoms with Crippen molar-refractivity contribution in [3.05, 3.63) is 29.8 Å². The maximum absolute atomic E-state index is 12.9. The molecule has 3 nitrogen and oxygen atoms in total. The second kappa shape index (κ2) is 5.09. The fraction of sp³-hybridized carbons (Fsp3) is 0.385. The van der Waals surface area contributed by atoms with E-state index in [0.717, 1.165) is 12.1 Å². The first kappa shape index (κ1) is 15.4. The zero-order valence-electron chi connectivity index (χ0n) is 10.6. The SMILES string of the molecule is O=C1CCCN1c1ccc(C(=O)C(F)(F)C(F)(F)F)cc1. The van der Waals surface area contributed by atoms with E-state index in [1.165, 1.54) is 17.0 Å². The molecular formula is C13H10F5NO2. The van der Waals surface area contributed by atoms with Crippen LogP contribution in [0.3, 0.4) is 0 Å². The normalized spacial score (nSPS) is 16.4. The van der Waals surface area contributed by atoms with Crippen LogP contribution in [0.25, 0.3) is 0 Å². The van der Waals surface area contributed by atoms with E-state index in [-0.39, 0.29) is 5.91 Å². The lowest BCUT2D eigenvalue weighted by atomic mass is 10.0. The minimum atomic E-state index is -5.94. The Balaban J connectivity index is 2.23. The summed E-state index contributed by atoms with van der Waals surface area (Å²) in [5.41, 5.74) is -0.392. The van der Waals surface area contributed by atoms with Crippen LogP contribution in [0.1, 0.15) is 23.2 Å². The van der Waals surface area contributed by atoms with Gasteiger partial charge in [0.05, 0.1) is 0 Å². The van der Waals surface area contributed by atoms with Gasteiger partial charge >= 0.3 is 12.1 Å². The molecule has 0 N–H and O–H groups in total. The molecule has 1 aromatic carbocycles. The maximum atomic E-state index is 12.9. The van der Waals surface area contributed by atoms with E-state index in [1.54, 1.807) is 0 Å². The number of amides is 1. The Morgan fingerprint density at radius 2 is 1.62 bits per heavy atom. The third kappa shape index (κ3) is 2.74. The first-order valence-corrected chi connectivity index (χ1v) is 6.04. The minimum absolute atomic E-state index is 0.158. The van der Waals surface area contributed by atoms with Crippen LogP contribution in [-0.2, 0) is 4.79 Å². The van der Waals surface area contributed by atoms with Gasteiger partial charge in [0.15, 0.2) is 0 Å². The molecule has 2 rings (SSSR count). The Hall–Kier alpha value is -1.99. The second-order valence-corrected chi connectivity index (χ2v) is 4.60. The number of anilines is 1. The molecule has 0 saturated carbocycles. The lowest BCUT2D eigenvalue weighted by Gasteiger charge is -2.19. The van der Waals surface area contributed by atoms with Crippen molar-refractivity contribution in [3.63, 3.8) is 0 Å². The molecule has 0 atom stereocenters. The molecule has 1 heterocycles. The summed E-state index contributed by atoms with van der Waals surface area (Å²) in [6.07, 6.45) is -4.94. The van der Waals surface area contributed by atoms with Gasteiger partial charge in [0.2, 0.25) is 11.7 Å². The van der Waals surface area contributed by atoms with Gasteiger partial charge in [0.25, 0.3) is 0 Å². The number of rotatable bonds is 3. The number of carbonyl (C=O) groups excluding carboxylic acids is 2. The van der Waals surface area contributed by atoms with E-state index in [0.29, 0.717) is 25.1 Å². The monoisotopic (exact) mass is 307 g/mol. The third-order valence-corrected chi connectivity index (χ3v) is 3.16. The van der Waals surface area contributed by atoms with Gasteiger partial charge in [-0.25, -0.2) is 0 Å². The standard InChI is InChI=1S/C13H10F5NO2/c14-12(15,13(16,17)18)11(21)8-3-5-9(6-4-8)19-7-1-2-10(19)20/h3-6H,1-2,7H2. The molecule has 8 heteroatoms. The zero-order valence-corrected chi connectivity index (χ0v) is 10.6. The highest BCUT2D eigenvalue weighted by atomic mass is 19.4. The summed E-state index contributed by atoms with van der Waals surface area (Å²) in [6.45, 7) is 0.449. The van der Waals surface area contributed by atoms with E-state index >= 15 is 0 Å². The van der Waals surface area contributed by atoms with Crippen LogP contribution in [0.2, 0.25) is 0 Å². The molecule has 0 aliphatic carbocycles. The summed E-state index contributed by atoms with van der Waals surface area (Å²) in [5.74, 6) is -7.90. The predicted molar refractivity (Wildman–Crippen MR) is 63.4 cm³/mol. The Morgan fingerprint density at radius 1 is 1.05 bits per heavy atom. The maximum Gasteiger partial charge on any atom is 0.461 e. The molecule has 1 aliphatic rings. The van der Waals surface area contributed by atoms with E-state index in [9.17, 15) is 31.5 Å². The number of hydrogen-bond acceptors (Lipinski definition) is 2. The van der Waals surface area contributed by atoms with Crippen molar-refractivity contribution in [2.75, 3.05) is 11.4 Å². The lowest BCUT2D eigenvalue weighted by Crippen LogP contribution is -2.44. The van der Waals surface area contributed by atoms with E-state index in [2.05, 4.69) is 0 Å². The number of ketones is 1. The Labute approximate surface area is 116 Å². The zero-order chi connectivity index (χ0) is 15.8. The number of alkyl halides is 5. The van der Waals surface area contributed by atoms with Crippen LogP contribution < -0.4 is 4.90 Å². The molecule has 1 aliphatic heterocycles. The van der Waals surface area contributed by atoms with Crippen molar-refractivity contribution in [3.8, 4) is 0 Å². The largest absolute Gasteiger partial charge is 0.461 e. The van der Waals surface area contributed by atoms with Crippen molar-refractivity contribution in [1.82, 2.24) is 0 Å². The minimum Gasteiger partial charge on any atom is -0.312 e. The van der Waals surface area contributed by atoms with Crippen molar-refractivity contribution in [1.29, 1.82) is 0 Å². The molecule has 0 radical (unpaired) electrons. The molecule has 1 amide bonds. The Bertz CT molecular complexity index is 565. The van der Waals surface area contributed by atoms with Crippen molar-refractivity contribution < 1.29 is 31.5 Å². The molecule has 0 spiro atoms. The van der Waals surface area contributed by atoms with Crippen molar-refractivity contribution >= 4 is 17.4 Å². The van der Waals surface area contributed by atoms with Gasteiger partial charge in [-0.1, -0.05) is 0 Å². The van der Waals surface area contributed by atoms with Gasteiger partial charge in [0, 0.05) is 24.2 Å². The van der Waals surface area contributed by atoms with Gasteiger partial charge in [-0.05, 0) is 30.7 Å². The molecular weight excluding hydrogens is 297 g/mol. The van der Waals surface area contributed by atoms with Crippen molar-refractivity contribution in [2.45, 2.75) is 24.9 Å². The van der Waals surface area contributed by atoms with Crippen LogP contribution in [0, 0.1) is 0 Å². The van der Waals surface area contributed by atoms with Gasteiger partial charge < -0.3 is 4.90 Å². The van der Waals surface area contributed by atoms with Crippen molar-refractivity contribution in [2.24, 2.45) is 0 Å². The topological polar surface area (TPSA) is 37.4 Å². The molecule has 0 aromatic heterocycles. The number of carbonyl (C=O) groups is 2. The van der Waals surface area contributed by atoms with E-state index in [1.807, 2.05) is 0 Å². The number of hydrogen-bond donors (Lipinski definition) is 0. The summed E-state index contributed by atoms with van der Waals surface area (Å²) in [5, 5.41) is 0. The van der Waals surface area contributed by atoms with Gasteiger partial charge in [0.1, 0.15) is 0 Å². The number of benzene rings is 1. The number of Topliss-reactive ketones (excluding diaryl/α,β-unsaturated/α-hetero) is 1. The Kier molecular flexibility index (Phi) is 3.73. The van der Waals surface area contributed by atoms with E-state index in [4.69, 9.17) is 0 Å². The predicted octanol–water partition coefficient (Wildman–Crippen LogP) is 3.19. The molecule has 1 fully saturated rings. The summed E-state index contributed by atoms with van der Waals surface area (Å²) >= 11 is 0. The average Bonchev–Trinajstić information content (AvgIpc) is 2.83. The molecule has 114 valence electrons. The number of halogens is 5. The summed E-state index contributed by atoms with van der Waals surface area (Å²) in [4.78, 5) is 24.1. The molecule has 1 aromatic rings. The summed E-state index contributed by atoms with van der Waals surface area (Å²) in [6, 6.07) is 4.09. The molecule has 0 bridgehead atoms. The van der Waals surface area contributed by atoms with Crippen LogP contribution in [0.15, 0.2) is 24.3 Å². The summed E-state index contributed by atoms with van der Waals surface area (Å²) < 4.78 is 62.2. The van der Waals surface area contributed by atoms with Crippen LogP contribution in [0.5, 0.6) is 0 Å². The lowest BCUT2D eigenvalue weighted by molar-refractivity contribution is -0.255.